The second kappa shape index (κ2) is 7.71. The van der Waals surface area contributed by atoms with E-state index >= 15 is 0 Å². The number of amides is 1. The van der Waals surface area contributed by atoms with E-state index in [1.54, 1.807) is 29.1 Å². The molecule has 4 rings (SSSR count). The van der Waals surface area contributed by atoms with Crippen molar-refractivity contribution in [1.82, 2.24) is 19.6 Å². The first-order valence-corrected chi connectivity index (χ1v) is 9.29. The highest BCUT2D eigenvalue weighted by atomic mass is 35.5. The van der Waals surface area contributed by atoms with Crippen molar-refractivity contribution in [3.63, 3.8) is 0 Å². The van der Waals surface area contributed by atoms with E-state index < -0.39 is 12.3 Å². The van der Waals surface area contributed by atoms with E-state index in [1.165, 1.54) is 6.07 Å². The third-order valence-electron chi connectivity index (χ3n) is 4.51. The maximum atomic E-state index is 13.2. The monoisotopic (exact) mass is 405 g/mol. The summed E-state index contributed by atoms with van der Waals surface area (Å²) in [6.07, 6.45) is 0.966. The van der Waals surface area contributed by atoms with Gasteiger partial charge < -0.3 is 5.32 Å². The fraction of sp³-hybridized carbons (Fsp3) is 0.316. The predicted molar refractivity (Wildman–Crippen MR) is 101 cm³/mol. The van der Waals surface area contributed by atoms with E-state index in [9.17, 15) is 13.6 Å². The van der Waals surface area contributed by atoms with Crippen LogP contribution < -0.4 is 5.32 Å². The first kappa shape index (κ1) is 18.6. The maximum Gasteiger partial charge on any atom is 0.280 e. The summed E-state index contributed by atoms with van der Waals surface area (Å²) in [6.45, 7) is 0.239. The van der Waals surface area contributed by atoms with Gasteiger partial charge in [-0.1, -0.05) is 23.7 Å². The van der Waals surface area contributed by atoms with Crippen LogP contribution in [0.15, 0.2) is 42.6 Å². The lowest BCUT2D eigenvalue weighted by Crippen LogP contribution is -2.21. The minimum atomic E-state index is -2.67. The number of halogens is 3. The molecule has 1 aromatic carbocycles. The smallest absolute Gasteiger partial charge is 0.280 e. The highest BCUT2D eigenvalue weighted by molar-refractivity contribution is 6.30. The fourth-order valence-electron chi connectivity index (χ4n) is 2.94. The normalized spacial score (nSPS) is 13.9. The van der Waals surface area contributed by atoms with E-state index in [4.69, 9.17) is 11.6 Å². The lowest BCUT2D eigenvalue weighted by Gasteiger charge is -2.06. The van der Waals surface area contributed by atoms with Crippen molar-refractivity contribution in [2.24, 2.45) is 0 Å². The number of carbonyl (C=O) groups excluding carboxylic acids is 1. The van der Waals surface area contributed by atoms with E-state index in [0.29, 0.717) is 23.1 Å². The third kappa shape index (κ3) is 4.39. The number of benzene rings is 1. The van der Waals surface area contributed by atoms with Crippen LogP contribution in [0, 0.1) is 0 Å². The van der Waals surface area contributed by atoms with Gasteiger partial charge in [0.05, 0.1) is 12.2 Å². The molecule has 1 amide bonds. The van der Waals surface area contributed by atoms with Crippen LogP contribution in [-0.4, -0.2) is 25.5 Å². The second-order valence-electron chi connectivity index (χ2n) is 6.80. The van der Waals surface area contributed by atoms with Crippen molar-refractivity contribution < 1.29 is 13.6 Å². The number of nitrogens with zero attached hydrogens (tertiary/aromatic N) is 4. The Morgan fingerprint density at radius 3 is 2.64 bits per heavy atom. The molecule has 146 valence electrons. The number of hydrogen-bond donors (Lipinski definition) is 1. The average molecular weight is 406 g/mol. The van der Waals surface area contributed by atoms with Crippen LogP contribution in [-0.2, 0) is 17.9 Å². The number of anilines is 1. The molecule has 0 unspecified atom stereocenters. The Labute approximate surface area is 165 Å². The lowest BCUT2D eigenvalue weighted by molar-refractivity contribution is -0.117. The largest absolute Gasteiger partial charge is 0.308 e. The molecule has 1 aliphatic rings. The van der Waals surface area contributed by atoms with Gasteiger partial charge in [0.15, 0.2) is 5.82 Å². The predicted octanol–water partition coefficient (Wildman–Crippen LogP) is 4.24. The number of aromatic nitrogens is 4. The molecule has 0 saturated heterocycles. The van der Waals surface area contributed by atoms with Crippen LogP contribution >= 0.6 is 11.6 Å². The van der Waals surface area contributed by atoms with Crippen LogP contribution in [0.2, 0.25) is 5.02 Å². The molecule has 1 aliphatic carbocycles. The number of carbonyl (C=O) groups is 1. The molecule has 1 fully saturated rings. The number of rotatable bonds is 7. The molecule has 1 saturated carbocycles. The van der Waals surface area contributed by atoms with Gasteiger partial charge in [-0.2, -0.15) is 10.2 Å². The van der Waals surface area contributed by atoms with Crippen LogP contribution in [0.4, 0.5) is 14.6 Å². The molecule has 28 heavy (non-hydrogen) atoms. The number of hydrogen-bond acceptors (Lipinski definition) is 3. The number of nitrogens with one attached hydrogen (secondary N) is 1. The molecular weight excluding hydrogens is 388 g/mol. The van der Waals surface area contributed by atoms with Crippen LogP contribution in [0.25, 0.3) is 0 Å². The zero-order valence-electron chi connectivity index (χ0n) is 14.9. The first-order chi connectivity index (χ1) is 13.5. The number of alkyl halides is 2. The van der Waals surface area contributed by atoms with Crippen LogP contribution in [0.3, 0.4) is 0 Å². The van der Waals surface area contributed by atoms with E-state index in [2.05, 4.69) is 15.5 Å². The van der Waals surface area contributed by atoms with Gasteiger partial charge in [-0.3, -0.25) is 14.2 Å². The molecule has 1 N–H and O–H groups in total. The molecule has 0 atom stereocenters. The fourth-order valence-corrected chi connectivity index (χ4v) is 3.07. The quantitative estimate of drug-likeness (QED) is 0.639. The van der Waals surface area contributed by atoms with Crippen molar-refractivity contribution >= 4 is 23.3 Å². The Hall–Kier alpha value is -2.74. The average Bonchev–Trinajstić information content (AvgIpc) is 3.28. The van der Waals surface area contributed by atoms with Gasteiger partial charge in [0.1, 0.15) is 12.2 Å². The van der Waals surface area contributed by atoms with Crippen molar-refractivity contribution in [2.75, 3.05) is 5.32 Å². The molecule has 0 bridgehead atoms. The van der Waals surface area contributed by atoms with E-state index in [0.717, 1.165) is 23.1 Å². The molecule has 6 nitrogen and oxygen atoms in total. The van der Waals surface area contributed by atoms with Gasteiger partial charge in [0.2, 0.25) is 5.91 Å². The summed E-state index contributed by atoms with van der Waals surface area (Å²) in [7, 11) is 0. The Morgan fingerprint density at radius 2 is 1.96 bits per heavy atom. The zero-order chi connectivity index (χ0) is 19.7. The van der Waals surface area contributed by atoms with E-state index in [1.807, 2.05) is 12.1 Å². The van der Waals surface area contributed by atoms with Gasteiger partial charge in [0, 0.05) is 23.2 Å². The minimum absolute atomic E-state index is 0.231. The summed E-state index contributed by atoms with van der Waals surface area (Å²) in [4.78, 5) is 12.3. The summed E-state index contributed by atoms with van der Waals surface area (Å²) in [5, 5.41) is 11.8. The molecule has 0 spiro atoms. The van der Waals surface area contributed by atoms with Gasteiger partial charge in [-0.25, -0.2) is 8.78 Å². The van der Waals surface area contributed by atoms with Gasteiger partial charge >= 0.3 is 0 Å². The summed E-state index contributed by atoms with van der Waals surface area (Å²) in [6, 6.07) is 10.4. The highest BCUT2D eigenvalue weighted by Crippen LogP contribution is 2.40. The standard InChI is InChI=1S/C19H18ClF2N5O/c20-14-5-1-12(2-6-14)10-26-8-7-17(25-26)23-18(28)11-27-16(19(21)22)9-15(24-27)13-3-4-13/h1-2,5-9,13,19H,3-4,10-11H2,(H,23,25,28). The SMILES string of the molecule is O=C(Cn1nc(C2CC2)cc1C(F)F)Nc1ccn(Cc2ccc(Cl)cc2)n1. The minimum Gasteiger partial charge on any atom is -0.308 e. The van der Waals surface area contributed by atoms with Crippen LogP contribution in [0.5, 0.6) is 0 Å². The highest BCUT2D eigenvalue weighted by Gasteiger charge is 2.29. The van der Waals surface area contributed by atoms with Gasteiger partial charge in [-0.15, -0.1) is 0 Å². The zero-order valence-corrected chi connectivity index (χ0v) is 15.6. The summed E-state index contributed by atoms with van der Waals surface area (Å²) in [5.41, 5.74) is 1.41. The molecular formula is C19H18ClF2N5O. The maximum absolute atomic E-state index is 13.2. The van der Waals surface area contributed by atoms with Crippen molar-refractivity contribution in [3.05, 3.63) is 64.6 Å². The van der Waals surface area contributed by atoms with E-state index in [-0.39, 0.29) is 18.2 Å². The van der Waals surface area contributed by atoms with Crippen molar-refractivity contribution in [3.8, 4) is 0 Å². The van der Waals surface area contributed by atoms with Gasteiger partial charge in [-0.05, 0) is 36.6 Å². The molecule has 3 aromatic rings. The Bertz CT molecular complexity index is 979. The molecule has 2 heterocycles. The van der Waals surface area contributed by atoms with Crippen LogP contribution in [0.1, 0.15) is 42.1 Å². The Balaban J connectivity index is 1.39. The first-order valence-electron chi connectivity index (χ1n) is 8.91. The topological polar surface area (TPSA) is 64.7 Å². The van der Waals surface area contributed by atoms with Crippen molar-refractivity contribution in [2.45, 2.75) is 38.3 Å². The summed E-state index contributed by atoms with van der Waals surface area (Å²) < 4.78 is 29.2. The Morgan fingerprint density at radius 1 is 1.21 bits per heavy atom. The summed E-state index contributed by atoms with van der Waals surface area (Å²) in [5.74, 6) is 0.140. The van der Waals surface area contributed by atoms with Crippen molar-refractivity contribution in [1.29, 1.82) is 0 Å². The Kier molecular flexibility index (Phi) is 5.13. The third-order valence-corrected chi connectivity index (χ3v) is 4.76. The summed E-state index contributed by atoms with van der Waals surface area (Å²) >= 11 is 5.87. The molecule has 2 aromatic heterocycles. The second-order valence-corrected chi connectivity index (χ2v) is 7.24. The van der Waals surface area contributed by atoms with Gasteiger partial charge in [0.25, 0.3) is 6.43 Å². The molecule has 0 aliphatic heterocycles. The molecule has 9 heteroatoms. The lowest BCUT2D eigenvalue weighted by atomic mass is 10.2. The molecule has 0 radical (unpaired) electrons.